The van der Waals surface area contributed by atoms with E-state index in [0.717, 1.165) is 16.6 Å². The van der Waals surface area contributed by atoms with Gasteiger partial charge in [0.1, 0.15) is 29.7 Å². The number of nitriles is 1. The van der Waals surface area contributed by atoms with Gasteiger partial charge in [0.05, 0.1) is 10.5 Å². The molecule has 0 aliphatic rings. The number of benzene rings is 2. The van der Waals surface area contributed by atoms with Crippen LogP contribution < -0.4 is 4.74 Å². The molecule has 0 amide bonds. The summed E-state index contributed by atoms with van der Waals surface area (Å²) < 4.78 is 7.55. The molecule has 3 aromatic rings. The van der Waals surface area contributed by atoms with Gasteiger partial charge < -0.3 is 4.74 Å². The molecule has 0 N–H and O–H groups in total. The van der Waals surface area contributed by atoms with E-state index in [4.69, 9.17) is 21.6 Å². The molecule has 5 heteroatoms. The van der Waals surface area contributed by atoms with E-state index in [9.17, 15) is 0 Å². The van der Waals surface area contributed by atoms with Crippen LogP contribution in [0.15, 0.2) is 42.5 Å². The molecular weight excluding hydrogens is 286 g/mol. The van der Waals surface area contributed by atoms with Gasteiger partial charge in [-0.15, -0.1) is 0 Å². The summed E-state index contributed by atoms with van der Waals surface area (Å²) in [5.41, 5.74) is 2.22. The highest BCUT2D eigenvalue weighted by molar-refractivity contribution is 6.31. The summed E-state index contributed by atoms with van der Waals surface area (Å²) in [5.74, 6) is 0.472. The Bertz CT molecular complexity index is 848. The number of ether oxygens (including phenoxy) is 1. The van der Waals surface area contributed by atoms with Crippen LogP contribution in [-0.2, 0) is 13.7 Å². The van der Waals surface area contributed by atoms with Crippen LogP contribution >= 0.6 is 11.6 Å². The average Bonchev–Trinajstić information content (AvgIpc) is 2.82. The van der Waals surface area contributed by atoms with Crippen LogP contribution in [0.25, 0.3) is 10.9 Å². The number of nitrogens with zero attached hydrogens (tertiary/aromatic N) is 3. The SMILES string of the molecule is Cn1nc(COc2cccc(Cl)c2C#N)c2ccccc21. The number of aryl methyl sites for hydroxylation is 1. The fourth-order valence-electron chi connectivity index (χ4n) is 2.27. The second-order valence-corrected chi connectivity index (χ2v) is 5.01. The average molecular weight is 298 g/mol. The molecule has 0 atom stereocenters. The Labute approximate surface area is 127 Å². The Hall–Kier alpha value is -2.51. The zero-order valence-corrected chi connectivity index (χ0v) is 12.1. The maximum Gasteiger partial charge on any atom is 0.139 e. The van der Waals surface area contributed by atoms with Crippen molar-refractivity contribution in [1.82, 2.24) is 9.78 Å². The molecule has 3 rings (SSSR count). The highest BCUT2D eigenvalue weighted by Crippen LogP contribution is 2.27. The van der Waals surface area contributed by atoms with Gasteiger partial charge in [0.25, 0.3) is 0 Å². The first-order chi connectivity index (χ1) is 10.2. The topological polar surface area (TPSA) is 50.8 Å². The summed E-state index contributed by atoms with van der Waals surface area (Å²) in [4.78, 5) is 0. The van der Waals surface area contributed by atoms with Crippen LogP contribution in [-0.4, -0.2) is 9.78 Å². The minimum Gasteiger partial charge on any atom is -0.486 e. The summed E-state index contributed by atoms with van der Waals surface area (Å²) in [7, 11) is 1.89. The Balaban J connectivity index is 1.91. The molecule has 0 aliphatic heterocycles. The number of rotatable bonds is 3. The molecule has 1 aromatic heterocycles. The van der Waals surface area contributed by atoms with Gasteiger partial charge in [-0.25, -0.2) is 0 Å². The van der Waals surface area contributed by atoms with Crippen molar-refractivity contribution in [2.24, 2.45) is 7.05 Å². The summed E-state index contributed by atoms with van der Waals surface area (Å²) in [6.07, 6.45) is 0. The van der Waals surface area contributed by atoms with Gasteiger partial charge in [0, 0.05) is 12.4 Å². The molecule has 104 valence electrons. The second-order valence-electron chi connectivity index (χ2n) is 4.60. The van der Waals surface area contributed by atoms with Crippen molar-refractivity contribution in [1.29, 1.82) is 5.26 Å². The van der Waals surface area contributed by atoms with Crippen LogP contribution in [0.3, 0.4) is 0 Å². The minimum atomic E-state index is 0.288. The normalized spacial score (nSPS) is 10.5. The van der Waals surface area contributed by atoms with Crippen LogP contribution in [0, 0.1) is 11.3 Å². The molecule has 0 spiro atoms. The highest BCUT2D eigenvalue weighted by atomic mass is 35.5. The fourth-order valence-corrected chi connectivity index (χ4v) is 2.48. The quantitative estimate of drug-likeness (QED) is 0.741. The molecule has 0 saturated carbocycles. The van der Waals surface area contributed by atoms with Crippen LogP contribution in [0.5, 0.6) is 5.75 Å². The van der Waals surface area contributed by atoms with Crippen molar-refractivity contribution in [3.8, 4) is 11.8 Å². The van der Waals surface area contributed by atoms with Crippen molar-refractivity contribution in [2.75, 3.05) is 0 Å². The summed E-state index contributed by atoms with van der Waals surface area (Å²) >= 11 is 5.99. The summed E-state index contributed by atoms with van der Waals surface area (Å²) in [6.45, 7) is 0.288. The van der Waals surface area contributed by atoms with Gasteiger partial charge in [0.15, 0.2) is 0 Å². The van der Waals surface area contributed by atoms with E-state index in [2.05, 4.69) is 11.2 Å². The Morgan fingerprint density at radius 3 is 2.86 bits per heavy atom. The lowest BCUT2D eigenvalue weighted by Gasteiger charge is -2.07. The van der Waals surface area contributed by atoms with Crippen molar-refractivity contribution in [3.63, 3.8) is 0 Å². The molecule has 2 aromatic carbocycles. The number of hydrogen-bond acceptors (Lipinski definition) is 3. The lowest BCUT2D eigenvalue weighted by molar-refractivity contribution is 0.300. The van der Waals surface area contributed by atoms with Gasteiger partial charge in [-0.3, -0.25) is 4.68 Å². The number of hydrogen-bond donors (Lipinski definition) is 0. The molecule has 4 nitrogen and oxygen atoms in total. The molecule has 0 unspecified atom stereocenters. The van der Waals surface area contributed by atoms with Gasteiger partial charge >= 0.3 is 0 Å². The minimum absolute atomic E-state index is 0.288. The van der Waals surface area contributed by atoms with E-state index < -0.39 is 0 Å². The number of fused-ring (bicyclic) bond motifs is 1. The molecular formula is C16H12ClN3O. The maximum atomic E-state index is 9.14. The second kappa shape index (κ2) is 5.47. The summed E-state index contributed by atoms with van der Waals surface area (Å²) in [6, 6.07) is 15.2. The molecule has 0 aliphatic carbocycles. The van der Waals surface area contributed by atoms with E-state index in [1.165, 1.54) is 0 Å². The van der Waals surface area contributed by atoms with Crippen molar-refractivity contribution >= 4 is 22.5 Å². The van der Waals surface area contributed by atoms with E-state index >= 15 is 0 Å². The smallest absolute Gasteiger partial charge is 0.139 e. The third-order valence-electron chi connectivity index (χ3n) is 3.29. The molecule has 0 saturated heterocycles. The number of aromatic nitrogens is 2. The zero-order chi connectivity index (χ0) is 14.8. The largest absolute Gasteiger partial charge is 0.486 e. The Morgan fingerprint density at radius 1 is 1.24 bits per heavy atom. The summed E-state index contributed by atoms with van der Waals surface area (Å²) in [5, 5.41) is 15.0. The van der Waals surface area contributed by atoms with E-state index in [1.807, 2.05) is 36.0 Å². The standard InChI is InChI=1S/C16H12ClN3O/c1-20-15-7-3-2-5-11(15)14(19-20)10-21-16-8-4-6-13(17)12(16)9-18/h2-8H,10H2,1H3. The Kier molecular flexibility index (Phi) is 3.51. The van der Waals surface area contributed by atoms with Crippen molar-refractivity contribution in [2.45, 2.75) is 6.61 Å². The fraction of sp³-hybridized carbons (Fsp3) is 0.125. The first-order valence-electron chi connectivity index (χ1n) is 6.42. The molecule has 0 fully saturated rings. The van der Waals surface area contributed by atoms with Crippen LogP contribution in [0.2, 0.25) is 5.02 Å². The van der Waals surface area contributed by atoms with E-state index in [0.29, 0.717) is 16.3 Å². The predicted molar refractivity (Wildman–Crippen MR) is 81.2 cm³/mol. The first kappa shape index (κ1) is 13.5. The van der Waals surface area contributed by atoms with Crippen molar-refractivity contribution in [3.05, 3.63) is 58.7 Å². The first-order valence-corrected chi connectivity index (χ1v) is 6.80. The number of halogens is 1. The lowest BCUT2D eigenvalue weighted by Crippen LogP contribution is -2.00. The van der Waals surface area contributed by atoms with Gasteiger partial charge in [0.2, 0.25) is 0 Å². The van der Waals surface area contributed by atoms with Gasteiger partial charge in [-0.1, -0.05) is 35.9 Å². The van der Waals surface area contributed by atoms with Crippen molar-refractivity contribution < 1.29 is 4.74 Å². The maximum absolute atomic E-state index is 9.14. The molecule has 1 heterocycles. The van der Waals surface area contributed by atoms with Crippen LogP contribution in [0.1, 0.15) is 11.3 Å². The van der Waals surface area contributed by atoms with E-state index in [1.54, 1.807) is 18.2 Å². The lowest BCUT2D eigenvalue weighted by atomic mass is 10.2. The highest BCUT2D eigenvalue weighted by Gasteiger charge is 2.11. The third kappa shape index (κ3) is 2.44. The Morgan fingerprint density at radius 2 is 2.05 bits per heavy atom. The van der Waals surface area contributed by atoms with E-state index in [-0.39, 0.29) is 6.61 Å². The number of para-hydroxylation sites is 1. The molecule has 0 radical (unpaired) electrons. The zero-order valence-electron chi connectivity index (χ0n) is 11.4. The molecule has 21 heavy (non-hydrogen) atoms. The predicted octanol–water partition coefficient (Wildman–Crippen LogP) is 3.68. The van der Waals surface area contributed by atoms with Crippen LogP contribution in [0.4, 0.5) is 0 Å². The van der Waals surface area contributed by atoms with Gasteiger partial charge in [-0.2, -0.15) is 10.4 Å². The molecule has 0 bridgehead atoms. The van der Waals surface area contributed by atoms with Gasteiger partial charge in [-0.05, 0) is 18.2 Å². The third-order valence-corrected chi connectivity index (χ3v) is 3.60. The monoisotopic (exact) mass is 297 g/mol.